The van der Waals surface area contributed by atoms with Crippen molar-refractivity contribution in [1.82, 2.24) is 10.2 Å². The van der Waals surface area contributed by atoms with Crippen LogP contribution in [0, 0.1) is 0 Å². The minimum absolute atomic E-state index is 0.0643. The average Bonchev–Trinajstić information content (AvgIpc) is 2.58. The maximum Gasteiger partial charge on any atom is 0.257 e. The van der Waals surface area contributed by atoms with Crippen molar-refractivity contribution in [2.75, 3.05) is 46.0 Å². The predicted octanol–water partition coefficient (Wildman–Crippen LogP) is 2.03. The molecule has 1 heterocycles. The van der Waals surface area contributed by atoms with Gasteiger partial charge in [0.15, 0.2) is 6.61 Å². The Morgan fingerprint density at radius 1 is 1.30 bits per heavy atom. The van der Waals surface area contributed by atoms with E-state index in [-0.39, 0.29) is 12.5 Å². The van der Waals surface area contributed by atoms with E-state index in [2.05, 4.69) is 24.1 Å². The van der Waals surface area contributed by atoms with E-state index in [1.54, 1.807) is 0 Å². The van der Waals surface area contributed by atoms with Crippen LogP contribution in [-0.2, 0) is 9.53 Å². The zero-order valence-electron chi connectivity index (χ0n) is 14.2. The van der Waals surface area contributed by atoms with Crippen molar-refractivity contribution in [3.8, 4) is 5.75 Å². The van der Waals surface area contributed by atoms with Crippen LogP contribution in [0.15, 0.2) is 24.3 Å². The Labute approximate surface area is 139 Å². The molecular weight excluding hydrogens is 292 g/mol. The van der Waals surface area contributed by atoms with Gasteiger partial charge in [-0.3, -0.25) is 9.69 Å². The number of rotatable bonds is 8. The second kappa shape index (κ2) is 9.53. The first-order valence-electron chi connectivity index (χ1n) is 8.45. The van der Waals surface area contributed by atoms with Crippen molar-refractivity contribution in [2.24, 2.45) is 0 Å². The molecule has 1 N–H and O–H groups in total. The number of nitrogens with one attached hydrogen (secondary N) is 1. The van der Waals surface area contributed by atoms with Gasteiger partial charge in [-0.1, -0.05) is 32.0 Å². The second-order valence-electron chi connectivity index (χ2n) is 6.14. The number of benzene rings is 1. The molecule has 1 saturated heterocycles. The minimum Gasteiger partial charge on any atom is -0.483 e. The monoisotopic (exact) mass is 320 g/mol. The Balaban J connectivity index is 1.63. The lowest BCUT2D eigenvalue weighted by atomic mass is 10.0. The lowest BCUT2D eigenvalue weighted by Crippen LogP contribution is -2.38. The summed E-state index contributed by atoms with van der Waals surface area (Å²) in [6.45, 7) is 9.60. The first kappa shape index (κ1) is 17.8. The van der Waals surface area contributed by atoms with Gasteiger partial charge in [0.25, 0.3) is 5.91 Å². The maximum absolute atomic E-state index is 11.9. The minimum atomic E-state index is -0.0643. The van der Waals surface area contributed by atoms with Gasteiger partial charge in [0.05, 0.1) is 13.2 Å². The van der Waals surface area contributed by atoms with Crippen molar-refractivity contribution < 1.29 is 14.3 Å². The van der Waals surface area contributed by atoms with E-state index in [9.17, 15) is 4.79 Å². The van der Waals surface area contributed by atoms with Crippen LogP contribution in [0.25, 0.3) is 0 Å². The van der Waals surface area contributed by atoms with Crippen molar-refractivity contribution >= 4 is 5.91 Å². The molecule has 0 aromatic heterocycles. The smallest absolute Gasteiger partial charge is 0.257 e. The Morgan fingerprint density at radius 3 is 2.78 bits per heavy atom. The van der Waals surface area contributed by atoms with Gasteiger partial charge >= 0.3 is 0 Å². The van der Waals surface area contributed by atoms with E-state index < -0.39 is 0 Å². The third kappa shape index (κ3) is 6.20. The molecule has 0 spiro atoms. The fraction of sp³-hybridized carbons (Fsp3) is 0.611. The number of morpholine rings is 1. The van der Waals surface area contributed by atoms with Crippen LogP contribution in [-0.4, -0.2) is 56.8 Å². The summed E-state index contributed by atoms with van der Waals surface area (Å²) in [6.07, 6.45) is 0.953. The van der Waals surface area contributed by atoms with Crippen LogP contribution in [0.2, 0.25) is 0 Å². The summed E-state index contributed by atoms with van der Waals surface area (Å²) in [5.74, 6) is 1.11. The van der Waals surface area contributed by atoms with E-state index in [0.29, 0.717) is 12.5 Å². The van der Waals surface area contributed by atoms with Crippen LogP contribution in [0.4, 0.5) is 0 Å². The molecule has 23 heavy (non-hydrogen) atoms. The summed E-state index contributed by atoms with van der Waals surface area (Å²) in [5.41, 5.74) is 1.13. The summed E-state index contributed by atoms with van der Waals surface area (Å²) >= 11 is 0. The lowest BCUT2D eigenvalue weighted by molar-refractivity contribution is -0.123. The standard InChI is InChI=1S/C18H28N2O3/c1-15(2)16-6-3-4-7-17(16)23-14-18(21)19-8-5-9-20-10-12-22-13-11-20/h3-4,6-7,15H,5,8-14H2,1-2H3,(H,19,21). The zero-order valence-corrected chi connectivity index (χ0v) is 14.2. The van der Waals surface area contributed by atoms with Crippen LogP contribution in [0.1, 0.15) is 31.7 Å². The summed E-state index contributed by atoms with van der Waals surface area (Å²) in [5, 5.41) is 2.92. The Kier molecular flexibility index (Phi) is 7.36. The van der Waals surface area contributed by atoms with Gasteiger partial charge in [-0.15, -0.1) is 0 Å². The average molecular weight is 320 g/mol. The van der Waals surface area contributed by atoms with E-state index in [0.717, 1.165) is 50.6 Å². The molecule has 1 aliphatic heterocycles. The zero-order chi connectivity index (χ0) is 16.5. The van der Waals surface area contributed by atoms with Gasteiger partial charge in [0.1, 0.15) is 5.75 Å². The molecule has 0 atom stereocenters. The molecule has 0 aliphatic carbocycles. The number of carbonyl (C=O) groups is 1. The highest BCUT2D eigenvalue weighted by molar-refractivity contribution is 5.77. The molecule has 2 rings (SSSR count). The molecule has 128 valence electrons. The van der Waals surface area contributed by atoms with Crippen molar-refractivity contribution in [3.05, 3.63) is 29.8 Å². The van der Waals surface area contributed by atoms with Crippen LogP contribution < -0.4 is 10.1 Å². The van der Waals surface area contributed by atoms with Crippen molar-refractivity contribution in [2.45, 2.75) is 26.2 Å². The molecule has 1 amide bonds. The molecule has 1 aliphatic rings. The number of hydrogen-bond acceptors (Lipinski definition) is 4. The molecular formula is C18H28N2O3. The number of ether oxygens (including phenoxy) is 2. The lowest BCUT2D eigenvalue weighted by Gasteiger charge is -2.26. The normalized spacial score (nSPS) is 15.6. The Morgan fingerprint density at radius 2 is 2.04 bits per heavy atom. The highest BCUT2D eigenvalue weighted by Gasteiger charge is 2.11. The fourth-order valence-electron chi connectivity index (χ4n) is 2.64. The van der Waals surface area contributed by atoms with E-state index >= 15 is 0 Å². The largest absolute Gasteiger partial charge is 0.483 e. The summed E-state index contributed by atoms with van der Waals surface area (Å²) in [6, 6.07) is 7.89. The number of hydrogen-bond donors (Lipinski definition) is 1. The second-order valence-corrected chi connectivity index (χ2v) is 6.14. The van der Waals surface area contributed by atoms with Crippen LogP contribution >= 0.6 is 0 Å². The van der Waals surface area contributed by atoms with Crippen molar-refractivity contribution in [1.29, 1.82) is 0 Å². The number of nitrogens with zero attached hydrogens (tertiary/aromatic N) is 1. The van der Waals surface area contributed by atoms with Gasteiger partial charge < -0.3 is 14.8 Å². The Bertz CT molecular complexity index is 485. The summed E-state index contributed by atoms with van der Waals surface area (Å²) in [7, 11) is 0. The molecule has 0 unspecified atom stereocenters. The predicted molar refractivity (Wildman–Crippen MR) is 90.9 cm³/mol. The summed E-state index contributed by atoms with van der Waals surface area (Å²) in [4.78, 5) is 14.2. The quantitative estimate of drug-likeness (QED) is 0.745. The molecule has 1 fully saturated rings. The molecule has 5 heteroatoms. The van der Waals surface area contributed by atoms with Crippen LogP contribution in [0.3, 0.4) is 0 Å². The third-order valence-electron chi connectivity index (χ3n) is 3.98. The third-order valence-corrected chi connectivity index (χ3v) is 3.98. The Hall–Kier alpha value is -1.59. The highest BCUT2D eigenvalue weighted by Crippen LogP contribution is 2.25. The SMILES string of the molecule is CC(C)c1ccccc1OCC(=O)NCCCN1CCOCC1. The number of carbonyl (C=O) groups excluding carboxylic acids is 1. The van der Waals surface area contributed by atoms with Gasteiger partial charge in [-0.25, -0.2) is 0 Å². The number of para-hydroxylation sites is 1. The molecule has 0 radical (unpaired) electrons. The molecule has 1 aromatic rings. The highest BCUT2D eigenvalue weighted by atomic mass is 16.5. The maximum atomic E-state index is 11.9. The van der Waals surface area contributed by atoms with Gasteiger partial charge in [-0.05, 0) is 30.5 Å². The summed E-state index contributed by atoms with van der Waals surface area (Å²) < 4.78 is 11.0. The molecule has 0 saturated carbocycles. The van der Waals surface area contributed by atoms with Gasteiger partial charge in [0, 0.05) is 19.6 Å². The first-order chi connectivity index (χ1) is 11.2. The van der Waals surface area contributed by atoms with E-state index in [4.69, 9.17) is 9.47 Å². The van der Waals surface area contributed by atoms with Gasteiger partial charge in [0.2, 0.25) is 0 Å². The topological polar surface area (TPSA) is 50.8 Å². The first-order valence-corrected chi connectivity index (χ1v) is 8.45. The fourth-order valence-corrected chi connectivity index (χ4v) is 2.64. The number of amides is 1. The molecule has 0 bridgehead atoms. The van der Waals surface area contributed by atoms with Crippen LogP contribution in [0.5, 0.6) is 5.75 Å². The molecule has 1 aromatic carbocycles. The van der Waals surface area contributed by atoms with E-state index in [1.165, 1.54) is 0 Å². The van der Waals surface area contributed by atoms with Gasteiger partial charge in [-0.2, -0.15) is 0 Å². The van der Waals surface area contributed by atoms with Crippen molar-refractivity contribution in [3.63, 3.8) is 0 Å². The molecule has 5 nitrogen and oxygen atoms in total. The van der Waals surface area contributed by atoms with E-state index in [1.807, 2.05) is 24.3 Å².